The highest BCUT2D eigenvalue weighted by Gasteiger charge is 2.44. The zero-order valence-electron chi connectivity index (χ0n) is 18.9. The summed E-state index contributed by atoms with van der Waals surface area (Å²) in [6.07, 6.45) is -5.62. The Labute approximate surface area is 204 Å². The first-order valence-corrected chi connectivity index (χ1v) is 12.9. The Morgan fingerprint density at radius 2 is 1.76 bits per heavy atom. The van der Waals surface area contributed by atoms with Crippen LogP contribution in [0.4, 0.5) is 0 Å². The molecule has 11 heteroatoms. The van der Waals surface area contributed by atoms with Crippen LogP contribution in [0.5, 0.6) is 5.75 Å². The van der Waals surface area contributed by atoms with Crippen molar-refractivity contribution in [1.29, 1.82) is 0 Å². The highest BCUT2D eigenvalue weighted by Crippen LogP contribution is 2.34. The number of halogens is 1. The average Bonchev–Trinajstić information content (AvgIpc) is 2.83. The van der Waals surface area contributed by atoms with E-state index in [-0.39, 0.29) is 18.9 Å². The third-order valence-corrected chi connectivity index (χ3v) is 7.36. The minimum atomic E-state index is -3.25. The van der Waals surface area contributed by atoms with Gasteiger partial charge >= 0.3 is 0 Å². The van der Waals surface area contributed by atoms with Crippen LogP contribution in [-0.4, -0.2) is 74.4 Å². The van der Waals surface area contributed by atoms with Crippen molar-refractivity contribution >= 4 is 21.6 Å². The van der Waals surface area contributed by atoms with E-state index in [9.17, 15) is 23.7 Å². The molecule has 5 atom stereocenters. The smallest absolute Gasteiger partial charge is 0.211 e. The lowest BCUT2D eigenvalue weighted by molar-refractivity contribution is -0.292. The molecular formula is C23H30ClNO8S. The molecule has 1 fully saturated rings. The maximum atomic E-state index is 11.4. The predicted octanol–water partition coefficient (Wildman–Crippen LogP) is 1.38. The van der Waals surface area contributed by atoms with Crippen molar-refractivity contribution in [3.8, 4) is 5.75 Å². The average molecular weight is 516 g/mol. The molecule has 0 saturated carbocycles. The van der Waals surface area contributed by atoms with Crippen LogP contribution in [0.1, 0.15) is 29.7 Å². The molecule has 0 aromatic heterocycles. The molecule has 0 spiro atoms. The predicted molar refractivity (Wildman–Crippen MR) is 126 cm³/mol. The first kappa shape index (κ1) is 26.8. The second-order valence-electron chi connectivity index (χ2n) is 7.95. The van der Waals surface area contributed by atoms with Gasteiger partial charge in [0.05, 0.1) is 5.75 Å². The first-order chi connectivity index (χ1) is 16.1. The standard InChI is InChI=1S/C23H30ClNO8S/c1-3-34(29,30)25-10-11-32-17-7-4-14(5-8-17)12-16-13-15(6-9-18(16)24)22-20(27)19(26)21(28)23(31-2)33-22/h4-9,13,19-23,25-28H,3,10-12H2,1-2H3/t19-,20-,21+,22+,23+/m1/s1. The second kappa shape index (κ2) is 11.8. The summed E-state index contributed by atoms with van der Waals surface area (Å²) in [6.45, 7) is 1.96. The van der Waals surface area contributed by atoms with Crippen molar-refractivity contribution in [1.82, 2.24) is 4.72 Å². The van der Waals surface area contributed by atoms with Crippen LogP contribution in [-0.2, 0) is 25.9 Å². The molecule has 34 heavy (non-hydrogen) atoms. The molecule has 0 bridgehead atoms. The number of aliphatic hydroxyl groups is 3. The van der Waals surface area contributed by atoms with Gasteiger partial charge in [-0.1, -0.05) is 35.9 Å². The van der Waals surface area contributed by atoms with E-state index in [0.717, 1.165) is 11.1 Å². The zero-order valence-corrected chi connectivity index (χ0v) is 20.5. The van der Waals surface area contributed by atoms with E-state index in [2.05, 4.69) is 4.72 Å². The SMILES string of the molecule is CCS(=O)(=O)NCCOc1ccc(Cc2cc([C@@H]3O[C@H](OC)[C@@H](O)[C@H](O)[C@H]3O)ccc2Cl)cc1. The maximum absolute atomic E-state index is 11.4. The minimum absolute atomic E-state index is 0.0206. The summed E-state index contributed by atoms with van der Waals surface area (Å²) < 4.78 is 41.6. The van der Waals surface area contributed by atoms with Crippen molar-refractivity contribution in [2.45, 2.75) is 44.1 Å². The number of hydrogen-bond donors (Lipinski definition) is 4. The molecular weight excluding hydrogens is 486 g/mol. The van der Waals surface area contributed by atoms with Gasteiger partial charge in [0.25, 0.3) is 0 Å². The fourth-order valence-corrected chi connectivity index (χ4v) is 4.40. The number of nitrogens with one attached hydrogen (secondary N) is 1. The van der Waals surface area contributed by atoms with E-state index in [4.69, 9.17) is 25.8 Å². The summed E-state index contributed by atoms with van der Waals surface area (Å²) in [5.41, 5.74) is 2.33. The summed E-state index contributed by atoms with van der Waals surface area (Å²) in [6, 6.07) is 12.5. The van der Waals surface area contributed by atoms with Crippen LogP contribution in [0.2, 0.25) is 5.02 Å². The van der Waals surface area contributed by atoms with Gasteiger partial charge in [-0.05, 0) is 48.2 Å². The lowest BCUT2D eigenvalue weighted by Gasteiger charge is -2.40. The van der Waals surface area contributed by atoms with E-state index in [1.54, 1.807) is 37.3 Å². The molecule has 2 aromatic rings. The fourth-order valence-electron chi connectivity index (χ4n) is 3.62. The third-order valence-electron chi connectivity index (χ3n) is 5.59. The van der Waals surface area contributed by atoms with E-state index in [0.29, 0.717) is 22.8 Å². The molecule has 1 aliphatic rings. The van der Waals surface area contributed by atoms with E-state index >= 15 is 0 Å². The normalized spacial score (nSPS) is 25.3. The Hall–Kier alpha value is -1.76. The van der Waals surface area contributed by atoms with Crippen LogP contribution in [0.3, 0.4) is 0 Å². The van der Waals surface area contributed by atoms with Crippen LogP contribution in [0.15, 0.2) is 42.5 Å². The number of aliphatic hydroxyl groups excluding tert-OH is 3. The van der Waals surface area contributed by atoms with Crippen molar-refractivity contribution in [2.75, 3.05) is 26.0 Å². The number of rotatable bonds is 10. The highest BCUT2D eigenvalue weighted by molar-refractivity contribution is 7.89. The second-order valence-corrected chi connectivity index (χ2v) is 10.5. The van der Waals surface area contributed by atoms with Crippen LogP contribution < -0.4 is 9.46 Å². The Morgan fingerprint density at radius 1 is 1.06 bits per heavy atom. The summed E-state index contributed by atoms with van der Waals surface area (Å²) in [4.78, 5) is 0. The van der Waals surface area contributed by atoms with Crippen LogP contribution in [0, 0.1) is 0 Å². The number of methoxy groups -OCH3 is 1. The lowest BCUT2D eigenvalue weighted by atomic mass is 9.92. The summed E-state index contributed by atoms with van der Waals surface area (Å²) >= 11 is 6.40. The Balaban J connectivity index is 1.65. The molecule has 4 N–H and O–H groups in total. The zero-order chi connectivity index (χ0) is 24.9. The van der Waals surface area contributed by atoms with Gasteiger partial charge in [-0.3, -0.25) is 0 Å². The number of sulfonamides is 1. The molecule has 0 amide bonds. The van der Waals surface area contributed by atoms with Gasteiger partial charge in [-0.25, -0.2) is 13.1 Å². The van der Waals surface area contributed by atoms with E-state index in [1.807, 2.05) is 12.1 Å². The molecule has 0 aliphatic carbocycles. The van der Waals surface area contributed by atoms with Crippen LogP contribution >= 0.6 is 11.6 Å². The molecule has 0 unspecified atom stereocenters. The number of benzene rings is 2. The molecule has 1 saturated heterocycles. The molecule has 188 valence electrons. The van der Waals surface area contributed by atoms with Gasteiger partial charge in [-0.2, -0.15) is 0 Å². The molecule has 1 aliphatic heterocycles. The fraction of sp³-hybridized carbons (Fsp3) is 0.478. The molecule has 0 radical (unpaired) electrons. The summed E-state index contributed by atoms with van der Waals surface area (Å²) in [5.74, 6) is 0.628. The molecule has 2 aromatic carbocycles. The first-order valence-electron chi connectivity index (χ1n) is 10.8. The van der Waals surface area contributed by atoms with Gasteiger partial charge in [0.2, 0.25) is 10.0 Å². The Kier molecular flexibility index (Phi) is 9.30. The van der Waals surface area contributed by atoms with E-state index in [1.165, 1.54) is 7.11 Å². The Morgan fingerprint density at radius 3 is 2.41 bits per heavy atom. The monoisotopic (exact) mass is 515 g/mol. The summed E-state index contributed by atoms with van der Waals surface area (Å²) in [5, 5.41) is 31.1. The van der Waals surface area contributed by atoms with Gasteiger partial charge < -0.3 is 29.5 Å². The van der Waals surface area contributed by atoms with Gasteiger partial charge in [-0.15, -0.1) is 0 Å². The Bertz CT molecular complexity index is 1050. The lowest BCUT2D eigenvalue weighted by Crippen LogP contribution is -2.54. The van der Waals surface area contributed by atoms with Crippen LogP contribution in [0.25, 0.3) is 0 Å². The number of ether oxygens (including phenoxy) is 3. The van der Waals surface area contributed by atoms with Crippen molar-refractivity contribution < 1.29 is 37.9 Å². The van der Waals surface area contributed by atoms with Crippen molar-refractivity contribution in [2.24, 2.45) is 0 Å². The molecule has 3 rings (SSSR count). The minimum Gasteiger partial charge on any atom is -0.492 e. The quantitative estimate of drug-likeness (QED) is 0.349. The summed E-state index contributed by atoms with van der Waals surface area (Å²) in [7, 11) is -1.90. The maximum Gasteiger partial charge on any atom is 0.211 e. The van der Waals surface area contributed by atoms with Gasteiger partial charge in [0, 0.05) is 18.7 Å². The number of hydrogen-bond acceptors (Lipinski definition) is 8. The molecule has 1 heterocycles. The van der Waals surface area contributed by atoms with Gasteiger partial charge in [0.15, 0.2) is 6.29 Å². The topological polar surface area (TPSA) is 135 Å². The van der Waals surface area contributed by atoms with Gasteiger partial charge in [0.1, 0.15) is 36.8 Å². The molecule has 9 nitrogen and oxygen atoms in total. The highest BCUT2D eigenvalue weighted by atomic mass is 35.5. The van der Waals surface area contributed by atoms with E-state index < -0.39 is 40.7 Å². The largest absolute Gasteiger partial charge is 0.492 e. The van der Waals surface area contributed by atoms with Crippen molar-refractivity contribution in [3.63, 3.8) is 0 Å². The third kappa shape index (κ3) is 6.67. The van der Waals surface area contributed by atoms with Crippen molar-refractivity contribution in [3.05, 3.63) is 64.2 Å².